The normalized spacial score (nSPS) is 11.2. The maximum atomic E-state index is 12.3. The Morgan fingerprint density at radius 2 is 1.76 bits per heavy atom. The van der Waals surface area contributed by atoms with E-state index in [4.69, 9.17) is 16.0 Å². The molecular weight excluding hydrogens is 318 g/mol. The van der Waals surface area contributed by atoms with Crippen LogP contribution in [0.3, 0.4) is 0 Å². The van der Waals surface area contributed by atoms with Gasteiger partial charge in [0.1, 0.15) is 6.26 Å². The lowest BCUT2D eigenvalue weighted by Crippen LogP contribution is -2.07. The smallest absolute Gasteiger partial charge is 0.387 e. The molecule has 4 nitrogen and oxygen atoms in total. The van der Waals surface area contributed by atoms with Crippen LogP contribution in [0.25, 0.3) is 11.5 Å². The molecule has 0 aliphatic carbocycles. The van der Waals surface area contributed by atoms with E-state index in [0.717, 1.165) is 12.1 Å². The van der Waals surface area contributed by atoms with Gasteiger partial charge < -0.3 is 13.9 Å². The molecular formula is C12H8ClF4NO3. The minimum atomic E-state index is -3.19. The first-order valence-electron chi connectivity index (χ1n) is 5.54. The van der Waals surface area contributed by atoms with Crippen molar-refractivity contribution in [1.82, 2.24) is 4.98 Å². The first-order valence-corrected chi connectivity index (χ1v) is 6.07. The predicted octanol–water partition coefficient (Wildman–Crippen LogP) is 4.28. The van der Waals surface area contributed by atoms with Gasteiger partial charge in [-0.2, -0.15) is 17.6 Å². The molecule has 0 fully saturated rings. The third-order valence-electron chi connectivity index (χ3n) is 2.31. The SMILES string of the molecule is FC(F)Oc1ccc(-c2nc(CCl)co2)cc1OC(F)F. The maximum Gasteiger partial charge on any atom is 0.387 e. The summed E-state index contributed by atoms with van der Waals surface area (Å²) in [7, 11) is 0. The number of rotatable bonds is 6. The van der Waals surface area contributed by atoms with Gasteiger partial charge in [-0.3, -0.25) is 0 Å². The van der Waals surface area contributed by atoms with Gasteiger partial charge in [-0.05, 0) is 18.2 Å². The number of aromatic nitrogens is 1. The van der Waals surface area contributed by atoms with Gasteiger partial charge in [0, 0.05) is 5.56 Å². The monoisotopic (exact) mass is 325 g/mol. The molecule has 9 heteroatoms. The molecule has 1 aromatic carbocycles. The van der Waals surface area contributed by atoms with Crippen LogP contribution in [0.1, 0.15) is 5.69 Å². The second-order valence-corrected chi connectivity index (χ2v) is 3.96. The molecule has 2 rings (SSSR count). The summed E-state index contributed by atoms with van der Waals surface area (Å²) < 4.78 is 62.4. The predicted molar refractivity (Wildman–Crippen MR) is 64.8 cm³/mol. The van der Waals surface area contributed by atoms with Gasteiger partial charge in [0.25, 0.3) is 0 Å². The summed E-state index contributed by atoms with van der Waals surface area (Å²) in [6.07, 6.45) is 1.29. The average molecular weight is 326 g/mol. The fourth-order valence-corrected chi connectivity index (χ4v) is 1.65. The zero-order valence-corrected chi connectivity index (χ0v) is 11.0. The van der Waals surface area contributed by atoms with Gasteiger partial charge in [-0.15, -0.1) is 11.6 Å². The van der Waals surface area contributed by atoms with Crippen LogP contribution < -0.4 is 9.47 Å². The molecule has 0 saturated carbocycles. The molecule has 0 saturated heterocycles. The van der Waals surface area contributed by atoms with Gasteiger partial charge in [0.15, 0.2) is 11.5 Å². The molecule has 21 heavy (non-hydrogen) atoms. The molecule has 0 aliphatic heterocycles. The molecule has 0 N–H and O–H groups in total. The summed E-state index contributed by atoms with van der Waals surface area (Å²) in [5.74, 6) is -0.865. The van der Waals surface area contributed by atoms with E-state index in [-0.39, 0.29) is 17.3 Å². The Hall–Kier alpha value is -1.96. The third-order valence-corrected chi connectivity index (χ3v) is 2.59. The van der Waals surface area contributed by atoms with Crippen molar-refractivity contribution in [3.63, 3.8) is 0 Å². The molecule has 1 heterocycles. The van der Waals surface area contributed by atoms with Crippen molar-refractivity contribution in [2.45, 2.75) is 19.1 Å². The minimum Gasteiger partial charge on any atom is -0.444 e. The first-order chi connectivity index (χ1) is 9.99. The number of hydrogen-bond acceptors (Lipinski definition) is 4. The summed E-state index contributed by atoms with van der Waals surface area (Å²) in [5, 5.41) is 0. The second-order valence-electron chi connectivity index (χ2n) is 3.70. The Balaban J connectivity index is 2.35. The molecule has 114 valence electrons. The second kappa shape index (κ2) is 6.66. The van der Waals surface area contributed by atoms with Gasteiger partial charge in [-0.1, -0.05) is 0 Å². The summed E-state index contributed by atoms with van der Waals surface area (Å²) in [6, 6.07) is 3.44. The molecule has 2 aromatic rings. The Labute approximate surface area is 121 Å². The number of ether oxygens (including phenoxy) is 2. The van der Waals surface area contributed by atoms with Crippen molar-refractivity contribution >= 4 is 11.6 Å². The number of benzene rings is 1. The molecule has 1 aromatic heterocycles. The van der Waals surface area contributed by atoms with E-state index in [9.17, 15) is 17.6 Å². The molecule has 0 spiro atoms. The topological polar surface area (TPSA) is 44.5 Å². The van der Waals surface area contributed by atoms with Gasteiger partial charge in [0.05, 0.1) is 11.6 Å². The van der Waals surface area contributed by atoms with Crippen LogP contribution in [0, 0.1) is 0 Å². The van der Waals surface area contributed by atoms with Crippen molar-refractivity contribution in [3.05, 3.63) is 30.2 Å². The third kappa shape index (κ3) is 4.01. The van der Waals surface area contributed by atoms with E-state index < -0.39 is 24.7 Å². The summed E-state index contributed by atoms with van der Waals surface area (Å²) >= 11 is 5.56. The number of hydrogen-bond donors (Lipinski definition) is 0. The number of nitrogens with zero attached hydrogens (tertiary/aromatic N) is 1. The van der Waals surface area contributed by atoms with Crippen LogP contribution in [-0.2, 0) is 5.88 Å². The summed E-state index contributed by atoms with van der Waals surface area (Å²) in [6.45, 7) is -6.36. The lowest BCUT2D eigenvalue weighted by molar-refractivity contribution is -0.0692. The van der Waals surface area contributed by atoms with Crippen molar-refractivity contribution < 1.29 is 31.5 Å². The van der Waals surface area contributed by atoms with Crippen LogP contribution in [0.15, 0.2) is 28.9 Å². The minimum absolute atomic E-state index is 0.0911. The van der Waals surface area contributed by atoms with E-state index >= 15 is 0 Å². The van der Waals surface area contributed by atoms with Crippen molar-refractivity contribution in [2.24, 2.45) is 0 Å². The fraction of sp³-hybridized carbons (Fsp3) is 0.250. The number of oxazole rings is 1. The summed E-state index contributed by atoms with van der Waals surface area (Å²) in [4.78, 5) is 3.98. The average Bonchev–Trinajstić information content (AvgIpc) is 2.88. The van der Waals surface area contributed by atoms with Gasteiger partial charge >= 0.3 is 13.2 Å². The van der Waals surface area contributed by atoms with Crippen molar-refractivity contribution in [3.8, 4) is 23.0 Å². The fourth-order valence-electron chi connectivity index (χ4n) is 1.52. The van der Waals surface area contributed by atoms with Crippen LogP contribution in [0.2, 0.25) is 0 Å². The Bertz CT molecular complexity index is 606. The molecule has 0 bridgehead atoms. The van der Waals surface area contributed by atoms with Crippen molar-refractivity contribution in [1.29, 1.82) is 0 Å². The highest BCUT2D eigenvalue weighted by atomic mass is 35.5. The highest BCUT2D eigenvalue weighted by molar-refractivity contribution is 6.16. The number of halogens is 5. The summed E-state index contributed by atoms with van der Waals surface area (Å²) in [5.41, 5.74) is 0.694. The molecule has 0 atom stereocenters. The van der Waals surface area contributed by atoms with E-state index in [1.807, 2.05) is 0 Å². The Kier molecular flexibility index (Phi) is 4.89. The Morgan fingerprint density at radius 1 is 1.10 bits per heavy atom. The maximum absolute atomic E-state index is 12.3. The quantitative estimate of drug-likeness (QED) is 0.587. The van der Waals surface area contributed by atoms with E-state index in [2.05, 4.69) is 14.5 Å². The molecule has 0 amide bonds. The highest BCUT2D eigenvalue weighted by Crippen LogP contribution is 2.34. The number of alkyl halides is 5. The van der Waals surface area contributed by atoms with Gasteiger partial charge in [-0.25, -0.2) is 4.98 Å². The van der Waals surface area contributed by atoms with Gasteiger partial charge in [0.2, 0.25) is 5.89 Å². The zero-order valence-electron chi connectivity index (χ0n) is 10.2. The van der Waals surface area contributed by atoms with Crippen LogP contribution in [-0.4, -0.2) is 18.2 Å². The molecule has 0 aliphatic rings. The lowest BCUT2D eigenvalue weighted by atomic mass is 10.2. The standard InChI is InChI=1S/C12H8ClF4NO3/c13-4-7-5-19-10(18-7)6-1-2-8(20-11(14)15)9(3-6)21-12(16)17/h1-3,5,11-12H,4H2. The molecule has 0 unspecified atom stereocenters. The largest absolute Gasteiger partial charge is 0.444 e. The van der Waals surface area contributed by atoms with E-state index in [1.54, 1.807) is 0 Å². The zero-order chi connectivity index (χ0) is 15.4. The van der Waals surface area contributed by atoms with E-state index in [0.29, 0.717) is 5.69 Å². The van der Waals surface area contributed by atoms with Crippen LogP contribution in [0.4, 0.5) is 17.6 Å². The first kappa shape index (κ1) is 15.4. The van der Waals surface area contributed by atoms with Crippen LogP contribution in [0.5, 0.6) is 11.5 Å². The van der Waals surface area contributed by atoms with Crippen molar-refractivity contribution in [2.75, 3.05) is 0 Å². The van der Waals surface area contributed by atoms with Crippen LogP contribution >= 0.6 is 11.6 Å². The van der Waals surface area contributed by atoms with E-state index in [1.165, 1.54) is 12.3 Å². The highest BCUT2D eigenvalue weighted by Gasteiger charge is 2.17. The Morgan fingerprint density at radius 3 is 2.33 bits per heavy atom. The lowest BCUT2D eigenvalue weighted by Gasteiger charge is -2.12. The molecule has 0 radical (unpaired) electrons.